The minimum Gasteiger partial charge on any atom is -0.352 e. The van der Waals surface area contributed by atoms with E-state index < -0.39 is 56.8 Å². The first-order valence-electron chi connectivity index (χ1n) is 9.10. The number of hydrogen-bond donors (Lipinski definition) is 1. The SMILES string of the molecule is CCCOP(=O)(OC[C@H]1O[C@@H](n2cc(C)c(=O)[nH]c2=O)C[C@@H]1N=[N+]=[N-])OCC(F)(F)F. The van der Waals surface area contributed by atoms with Crippen LogP contribution in [0.3, 0.4) is 0 Å². The van der Waals surface area contributed by atoms with Gasteiger partial charge in [-0.2, -0.15) is 13.2 Å². The third-order valence-electron chi connectivity index (χ3n) is 4.10. The van der Waals surface area contributed by atoms with Crippen LogP contribution in [0, 0.1) is 6.92 Å². The highest BCUT2D eigenvalue weighted by Gasteiger charge is 2.40. The van der Waals surface area contributed by atoms with E-state index in [1.54, 1.807) is 6.92 Å². The lowest BCUT2D eigenvalue weighted by atomic mass is 10.1. The number of rotatable bonds is 10. The molecule has 2 rings (SSSR count). The molecule has 2 heterocycles. The Hall–Kier alpha value is -2.15. The van der Waals surface area contributed by atoms with E-state index in [0.29, 0.717) is 6.42 Å². The molecule has 0 saturated carbocycles. The molecule has 0 amide bonds. The number of aromatic nitrogens is 2. The number of aromatic amines is 1. The molecular formula is C15H21F3N5O7P. The van der Waals surface area contributed by atoms with Crippen molar-refractivity contribution in [1.82, 2.24) is 9.55 Å². The fourth-order valence-electron chi connectivity index (χ4n) is 2.66. The second-order valence-electron chi connectivity index (χ2n) is 6.58. The van der Waals surface area contributed by atoms with Crippen LogP contribution < -0.4 is 11.2 Å². The molecule has 4 atom stereocenters. The molecule has 31 heavy (non-hydrogen) atoms. The van der Waals surface area contributed by atoms with Gasteiger partial charge < -0.3 is 4.74 Å². The van der Waals surface area contributed by atoms with Crippen LogP contribution >= 0.6 is 7.82 Å². The highest BCUT2D eigenvalue weighted by atomic mass is 31.2. The van der Waals surface area contributed by atoms with Crippen LogP contribution in [-0.4, -0.2) is 47.7 Å². The number of phosphoric ester groups is 1. The zero-order valence-corrected chi connectivity index (χ0v) is 17.5. The van der Waals surface area contributed by atoms with E-state index in [1.807, 2.05) is 0 Å². The van der Waals surface area contributed by atoms with Gasteiger partial charge in [0.1, 0.15) is 6.23 Å². The van der Waals surface area contributed by atoms with Gasteiger partial charge in [0.15, 0.2) is 6.61 Å². The monoisotopic (exact) mass is 471 g/mol. The summed E-state index contributed by atoms with van der Waals surface area (Å²) in [6.07, 6.45) is -5.23. The maximum absolute atomic E-state index is 12.5. The van der Waals surface area contributed by atoms with Crippen molar-refractivity contribution in [3.63, 3.8) is 0 Å². The summed E-state index contributed by atoms with van der Waals surface area (Å²) < 4.78 is 70.8. The Balaban J connectivity index is 2.16. The minimum absolute atomic E-state index is 0.00694. The molecule has 174 valence electrons. The molecule has 1 fully saturated rings. The summed E-state index contributed by atoms with van der Waals surface area (Å²) in [5.74, 6) is 0. The van der Waals surface area contributed by atoms with Crippen molar-refractivity contribution in [3.05, 3.63) is 43.0 Å². The average molecular weight is 471 g/mol. The maximum atomic E-state index is 12.5. The van der Waals surface area contributed by atoms with E-state index in [0.717, 1.165) is 4.57 Å². The van der Waals surface area contributed by atoms with Gasteiger partial charge in [-0.05, 0) is 18.9 Å². The number of nitrogens with one attached hydrogen (secondary N) is 1. The van der Waals surface area contributed by atoms with Crippen molar-refractivity contribution in [3.8, 4) is 0 Å². The molecule has 1 N–H and O–H groups in total. The number of ether oxygens (including phenoxy) is 1. The third kappa shape index (κ3) is 7.20. The molecule has 1 aliphatic rings. The van der Waals surface area contributed by atoms with Crippen molar-refractivity contribution in [2.45, 2.75) is 51.2 Å². The Morgan fingerprint density at radius 3 is 2.71 bits per heavy atom. The van der Waals surface area contributed by atoms with Crippen LogP contribution in [0.15, 0.2) is 20.9 Å². The number of hydrogen-bond acceptors (Lipinski definition) is 8. The van der Waals surface area contributed by atoms with Crippen LogP contribution in [-0.2, 0) is 22.9 Å². The Labute approximate surface area is 173 Å². The standard InChI is InChI=1S/C15H21F3N5O7P/c1-3-4-27-31(26,29-8-15(16,17)18)28-7-11-10(21-22-19)5-12(30-11)23-6-9(2)13(24)20-14(23)25/h6,10-12H,3-5,7-8H2,1-2H3,(H,20,24,25)/t10-,11+,12+,31?/m0/s1. The Morgan fingerprint density at radius 1 is 1.39 bits per heavy atom. The molecule has 0 aliphatic carbocycles. The van der Waals surface area contributed by atoms with Gasteiger partial charge in [-0.3, -0.25) is 27.9 Å². The van der Waals surface area contributed by atoms with E-state index in [1.165, 1.54) is 13.1 Å². The normalized spacial score (nSPS) is 23.3. The number of phosphoric acid groups is 1. The Bertz CT molecular complexity index is 975. The van der Waals surface area contributed by atoms with Crippen molar-refractivity contribution in [1.29, 1.82) is 0 Å². The molecule has 16 heteroatoms. The fraction of sp³-hybridized carbons (Fsp3) is 0.733. The molecule has 1 aromatic rings. The summed E-state index contributed by atoms with van der Waals surface area (Å²) in [5.41, 5.74) is 7.64. The van der Waals surface area contributed by atoms with Crippen LogP contribution in [0.4, 0.5) is 13.2 Å². The zero-order chi connectivity index (χ0) is 23.2. The van der Waals surface area contributed by atoms with Gasteiger partial charge in [0, 0.05) is 23.1 Å². The Morgan fingerprint density at radius 2 is 2.10 bits per heavy atom. The average Bonchev–Trinajstić information content (AvgIpc) is 3.09. The minimum atomic E-state index is -4.76. The highest BCUT2D eigenvalue weighted by molar-refractivity contribution is 7.48. The molecule has 0 aromatic carbocycles. The molecule has 0 bridgehead atoms. The van der Waals surface area contributed by atoms with Gasteiger partial charge in [-0.15, -0.1) is 0 Å². The number of azide groups is 1. The number of H-pyrrole nitrogens is 1. The Kier molecular flexibility index (Phi) is 8.46. The van der Waals surface area contributed by atoms with Gasteiger partial charge in [0.25, 0.3) is 5.56 Å². The number of halogens is 3. The third-order valence-corrected chi connectivity index (χ3v) is 5.51. The first kappa shape index (κ1) is 25.1. The molecular weight excluding hydrogens is 450 g/mol. The summed E-state index contributed by atoms with van der Waals surface area (Å²) in [6, 6.07) is -0.906. The molecule has 0 radical (unpaired) electrons. The first-order valence-corrected chi connectivity index (χ1v) is 10.6. The van der Waals surface area contributed by atoms with Crippen LogP contribution in [0.1, 0.15) is 31.6 Å². The molecule has 12 nitrogen and oxygen atoms in total. The van der Waals surface area contributed by atoms with E-state index in [-0.39, 0.29) is 18.6 Å². The van der Waals surface area contributed by atoms with Crippen molar-refractivity contribution in [2.24, 2.45) is 5.11 Å². The van der Waals surface area contributed by atoms with Gasteiger partial charge in [-0.25, -0.2) is 9.36 Å². The number of nitrogens with zero attached hydrogens (tertiary/aromatic N) is 4. The second-order valence-corrected chi connectivity index (χ2v) is 8.25. The summed E-state index contributed by atoms with van der Waals surface area (Å²) >= 11 is 0. The lowest BCUT2D eigenvalue weighted by Gasteiger charge is -2.22. The lowest BCUT2D eigenvalue weighted by Crippen LogP contribution is -2.33. The smallest absolute Gasteiger partial charge is 0.352 e. The van der Waals surface area contributed by atoms with Crippen LogP contribution in [0.5, 0.6) is 0 Å². The summed E-state index contributed by atoms with van der Waals surface area (Å²) in [4.78, 5) is 28.4. The van der Waals surface area contributed by atoms with E-state index in [4.69, 9.17) is 19.3 Å². The number of aryl methyl sites for hydroxylation is 1. The summed E-state index contributed by atoms with van der Waals surface area (Å²) in [5, 5.41) is 3.54. The molecule has 1 aromatic heterocycles. The summed E-state index contributed by atoms with van der Waals surface area (Å²) in [7, 11) is -4.60. The van der Waals surface area contributed by atoms with Crippen molar-refractivity contribution < 1.29 is 36.0 Å². The predicted molar refractivity (Wildman–Crippen MR) is 99.3 cm³/mol. The topological polar surface area (TPSA) is 158 Å². The molecule has 0 spiro atoms. The zero-order valence-electron chi connectivity index (χ0n) is 16.6. The molecule has 1 aliphatic heterocycles. The van der Waals surface area contributed by atoms with E-state index >= 15 is 0 Å². The van der Waals surface area contributed by atoms with Crippen LogP contribution in [0.2, 0.25) is 0 Å². The molecule has 1 unspecified atom stereocenters. The van der Waals surface area contributed by atoms with E-state index in [2.05, 4.69) is 19.5 Å². The largest absolute Gasteiger partial charge is 0.475 e. The van der Waals surface area contributed by atoms with Gasteiger partial charge >= 0.3 is 19.7 Å². The lowest BCUT2D eigenvalue weighted by molar-refractivity contribution is -0.158. The predicted octanol–water partition coefficient (Wildman–Crippen LogP) is 2.94. The van der Waals surface area contributed by atoms with Crippen molar-refractivity contribution >= 4 is 7.82 Å². The van der Waals surface area contributed by atoms with Gasteiger partial charge in [-0.1, -0.05) is 12.0 Å². The maximum Gasteiger partial charge on any atom is 0.475 e. The number of alkyl halides is 3. The van der Waals surface area contributed by atoms with Gasteiger partial charge in [0.05, 0.1) is 25.4 Å². The molecule has 1 saturated heterocycles. The highest BCUT2D eigenvalue weighted by Crippen LogP contribution is 2.51. The first-order chi connectivity index (χ1) is 14.5. The summed E-state index contributed by atoms with van der Waals surface area (Å²) in [6.45, 7) is 0.466. The van der Waals surface area contributed by atoms with E-state index in [9.17, 15) is 27.3 Å². The van der Waals surface area contributed by atoms with Crippen molar-refractivity contribution in [2.75, 3.05) is 19.8 Å². The van der Waals surface area contributed by atoms with Crippen LogP contribution in [0.25, 0.3) is 10.4 Å². The fourth-order valence-corrected chi connectivity index (χ4v) is 3.92. The van der Waals surface area contributed by atoms with Gasteiger partial charge in [0.2, 0.25) is 0 Å². The quantitative estimate of drug-likeness (QED) is 0.238. The second kappa shape index (κ2) is 10.4.